The zero-order valence-electron chi connectivity index (χ0n) is 14.3. The van der Waals surface area contributed by atoms with Crippen molar-refractivity contribution in [1.29, 1.82) is 0 Å². The molecule has 118 valence electrons. The van der Waals surface area contributed by atoms with E-state index >= 15 is 0 Å². The highest BCUT2D eigenvalue weighted by molar-refractivity contribution is 7.97. The minimum absolute atomic E-state index is 0. The molecule has 0 unspecified atom stereocenters. The van der Waals surface area contributed by atoms with Gasteiger partial charge in [0, 0.05) is 0 Å². The number of aryl methyl sites for hydroxylation is 3. The zero-order valence-corrected chi connectivity index (χ0v) is 15.2. The fraction of sp³-hybridized carbons (Fsp3) is 0.136. The molecule has 1 heteroatoms. The van der Waals surface area contributed by atoms with E-state index in [1.165, 1.54) is 31.4 Å². The monoisotopic (exact) mass is 320 g/mol. The molecule has 3 aromatic rings. The summed E-state index contributed by atoms with van der Waals surface area (Å²) in [6.45, 7) is 6.42. The maximum absolute atomic E-state index is 2.26. The van der Waals surface area contributed by atoms with Crippen LogP contribution < -0.4 is 0 Å². The second-order valence-corrected chi connectivity index (χ2v) is 7.77. The van der Waals surface area contributed by atoms with Crippen molar-refractivity contribution in [2.75, 3.05) is 0 Å². The third-order valence-corrected chi connectivity index (χ3v) is 6.00. The molecule has 3 aromatic carbocycles. The second kappa shape index (κ2) is 7.52. The van der Waals surface area contributed by atoms with E-state index in [0.717, 1.165) is 0 Å². The van der Waals surface area contributed by atoms with E-state index in [2.05, 4.69) is 93.6 Å². The lowest BCUT2D eigenvalue weighted by atomic mass is 10.2. The fourth-order valence-corrected chi connectivity index (χ4v) is 4.47. The first-order valence-electron chi connectivity index (χ1n) is 7.58. The van der Waals surface area contributed by atoms with Gasteiger partial charge in [-0.3, -0.25) is 0 Å². The molecule has 0 atom stereocenters. The van der Waals surface area contributed by atoms with Gasteiger partial charge < -0.3 is 7.43 Å². The van der Waals surface area contributed by atoms with Crippen molar-refractivity contribution in [2.24, 2.45) is 0 Å². The van der Waals surface area contributed by atoms with Gasteiger partial charge in [0.2, 0.25) is 0 Å². The van der Waals surface area contributed by atoms with E-state index in [9.17, 15) is 0 Å². The van der Waals surface area contributed by atoms with Crippen molar-refractivity contribution in [2.45, 2.75) is 35.5 Å². The molecule has 0 saturated heterocycles. The van der Waals surface area contributed by atoms with E-state index in [4.69, 9.17) is 0 Å². The molecular weight excluding hydrogens is 296 g/mol. The van der Waals surface area contributed by atoms with Crippen LogP contribution in [0.5, 0.6) is 0 Å². The van der Waals surface area contributed by atoms with Gasteiger partial charge in [0.05, 0.1) is 10.9 Å². The summed E-state index contributed by atoms with van der Waals surface area (Å²) in [5.74, 6) is 0. The summed E-state index contributed by atoms with van der Waals surface area (Å²) in [6, 6.07) is 26.8. The van der Waals surface area contributed by atoms with Crippen LogP contribution in [0.3, 0.4) is 0 Å². The highest BCUT2D eigenvalue weighted by atomic mass is 32.2. The quantitative estimate of drug-likeness (QED) is 0.400. The van der Waals surface area contributed by atoms with Gasteiger partial charge in [-0.15, -0.1) is 0 Å². The highest BCUT2D eigenvalue weighted by Gasteiger charge is 2.28. The SMILES string of the molecule is Cc1ccc([S+](c2ccc(C)cc2)c2ccc(C)cc2)cc1.[CH3-]. The fourth-order valence-electron chi connectivity index (χ4n) is 2.43. The Kier molecular flexibility index (Phi) is 5.68. The predicted molar refractivity (Wildman–Crippen MR) is 102 cm³/mol. The Morgan fingerprint density at radius 2 is 0.652 bits per heavy atom. The molecule has 0 aliphatic carbocycles. The summed E-state index contributed by atoms with van der Waals surface area (Å²) in [6.07, 6.45) is 0. The molecule has 0 nitrogen and oxygen atoms in total. The molecule has 0 heterocycles. The molecular formula is C22H24S. The maximum atomic E-state index is 2.26. The van der Waals surface area contributed by atoms with Crippen molar-refractivity contribution in [3.8, 4) is 0 Å². The summed E-state index contributed by atoms with van der Waals surface area (Å²) in [5, 5.41) is 0. The first kappa shape index (κ1) is 17.4. The van der Waals surface area contributed by atoms with Crippen LogP contribution in [0.1, 0.15) is 16.7 Å². The largest absolute Gasteiger partial charge is 0.358 e. The van der Waals surface area contributed by atoms with Crippen LogP contribution in [0.25, 0.3) is 0 Å². The lowest BCUT2D eigenvalue weighted by molar-refractivity contribution is 1.28. The van der Waals surface area contributed by atoms with Crippen LogP contribution in [0, 0.1) is 28.2 Å². The summed E-state index contributed by atoms with van der Waals surface area (Å²) in [7, 11) is -0.0394. The van der Waals surface area contributed by atoms with Crippen molar-refractivity contribution < 1.29 is 0 Å². The van der Waals surface area contributed by atoms with Gasteiger partial charge in [-0.05, 0) is 57.2 Å². The standard InChI is InChI=1S/C21H21S.CH3/c1-16-4-10-19(11-5-16)22(20-12-6-17(2)7-13-20)21-14-8-18(3)9-15-21;/h4-15H,1-3H3;1H3/q+1;-1. The van der Waals surface area contributed by atoms with Crippen LogP contribution in [-0.2, 0) is 10.9 Å². The number of hydrogen-bond donors (Lipinski definition) is 0. The Hall–Kier alpha value is -1.99. The summed E-state index contributed by atoms with van der Waals surface area (Å²) in [4.78, 5) is 4.12. The molecule has 0 fully saturated rings. The third-order valence-electron chi connectivity index (χ3n) is 3.77. The first-order valence-corrected chi connectivity index (χ1v) is 8.80. The lowest BCUT2D eigenvalue weighted by Gasteiger charge is -2.09. The molecule has 23 heavy (non-hydrogen) atoms. The van der Waals surface area contributed by atoms with Crippen molar-refractivity contribution >= 4 is 10.9 Å². The van der Waals surface area contributed by atoms with Gasteiger partial charge >= 0.3 is 0 Å². The molecule has 0 bridgehead atoms. The van der Waals surface area contributed by atoms with Crippen LogP contribution in [0.4, 0.5) is 0 Å². The van der Waals surface area contributed by atoms with Crippen LogP contribution in [0.15, 0.2) is 87.5 Å². The molecule has 0 aliphatic rings. The predicted octanol–water partition coefficient (Wildman–Crippen LogP) is 6.16. The Morgan fingerprint density at radius 1 is 0.435 bits per heavy atom. The molecule has 0 radical (unpaired) electrons. The van der Waals surface area contributed by atoms with Crippen molar-refractivity contribution in [1.82, 2.24) is 0 Å². The van der Waals surface area contributed by atoms with Crippen LogP contribution in [0.2, 0.25) is 0 Å². The zero-order chi connectivity index (χ0) is 15.5. The molecule has 0 saturated carbocycles. The minimum Gasteiger partial charge on any atom is -0.358 e. The Balaban J connectivity index is 0.00000192. The minimum atomic E-state index is -0.0394. The maximum Gasteiger partial charge on any atom is 0.166 e. The number of benzene rings is 3. The molecule has 0 N–H and O–H groups in total. The molecule has 3 rings (SSSR count). The average Bonchev–Trinajstić information content (AvgIpc) is 2.53. The van der Waals surface area contributed by atoms with Crippen molar-refractivity contribution in [3.63, 3.8) is 0 Å². The van der Waals surface area contributed by atoms with Gasteiger partial charge in [-0.1, -0.05) is 53.1 Å². The van der Waals surface area contributed by atoms with Gasteiger partial charge in [-0.2, -0.15) is 0 Å². The third kappa shape index (κ3) is 4.05. The van der Waals surface area contributed by atoms with E-state index in [0.29, 0.717) is 0 Å². The molecule has 0 aliphatic heterocycles. The number of hydrogen-bond acceptors (Lipinski definition) is 0. The summed E-state index contributed by atoms with van der Waals surface area (Å²) < 4.78 is 0. The Morgan fingerprint density at radius 3 is 0.870 bits per heavy atom. The number of rotatable bonds is 3. The van der Waals surface area contributed by atoms with Crippen molar-refractivity contribution in [3.05, 3.63) is 96.9 Å². The van der Waals surface area contributed by atoms with Gasteiger partial charge in [0.25, 0.3) is 0 Å². The second-order valence-electron chi connectivity index (χ2n) is 5.75. The van der Waals surface area contributed by atoms with Gasteiger partial charge in [0.15, 0.2) is 14.7 Å². The summed E-state index contributed by atoms with van der Waals surface area (Å²) >= 11 is 0. The van der Waals surface area contributed by atoms with E-state index in [-0.39, 0.29) is 18.3 Å². The highest BCUT2D eigenvalue weighted by Crippen LogP contribution is 2.31. The van der Waals surface area contributed by atoms with Gasteiger partial charge in [0.1, 0.15) is 0 Å². The van der Waals surface area contributed by atoms with E-state index < -0.39 is 0 Å². The molecule has 0 aromatic heterocycles. The Labute approximate surface area is 143 Å². The average molecular weight is 321 g/mol. The van der Waals surface area contributed by atoms with Crippen LogP contribution >= 0.6 is 0 Å². The smallest absolute Gasteiger partial charge is 0.166 e. The lowest BCUT2D eigenvalue weighted by Crippen LogP contribution is -2.04. The molecule has 0 spiro atoms. The van der Waals surface area contributed by atoms with E-state index in [1.54, 1.807) is 0 Å². The van der Waals surface area contributed by atoms with Crippen LogP contribution in [-0.4, -0.2) is 0 Å². The first-order chi connectivity index (χ1) is 10.6. The van der Waals surface area contributed by atoms with Gasteiger partial charge in [-0.25, -0.2) is 0 Å². The normalized spacial score (nSPS) is 10.4. The Bertz CT molecular complexity index is 629. The van der Waals surface area contributed by atoms with E-state index in [1.807, 2.05) is 0 Å². The summed E-state index contributed by atoms with van der Waals surface area (Å²) in [5.41, 5.74) is 3.92. The molecule has 0 amide bonds. The topological polar surface area (TPSA) is 0 Å².